The largest absolute Gasteiger partial charge is 0.399 e. The van der Waals surface area contributed by atoms with Gasteiger partial charge < -0.3 is 5.73 Å². The molecule has 1 aliphatic rings. The van der Waals surface area contributed by atoms with E-state index in [9.17, 15) is 8.42 Å². The van der Waals surface area contributed by atoms with Crippen LogP contribution in [0.5, 0.6) is 0 Å². The van der Waals surface area contributed by atoms with Crippen LogP contribution in [0, 0.1) is 0 Å². The molecule has 1 aromatic carbocycles. The average Bonchev–Trinajstić information content (AvgIpc) is 2.39. The lowest BCUT2D eigenvalue weighted by Gasteiger charge is -2.34. The number of anilines is 1. The molecule has 1 saturated heterocycles. The molecule has 0 unspecified atom stereocenters. The quantitative estimate of drug-likeness (QED) is 0.827. The molecule has 0 saturated carbocycles. The molecule has 1 aromatic rings. The van der Waals surface area contributed by atoms with Gasteiger partial charge in [0.15, 0.2) is 0 Å². The standard InChI is InChI=1S/C14H23N3O2S/c1-2-10-20(18,19)17-8-6-16(7-9-17)12-13-4-3-5-14(15)11-13/h3-5,11H,2,6-10,12,15H2,1H3. The number of nitrogens with zero attached hydrogens (tertiary/aromatic N) is 2. The van der Waals surface area contributed by atoms with E-state index in [2.05, 4.69) is 11.0 Å². The summed E-state index contributed by atoms with van der Waals surface area (Å²) in [6, 6.07) is 7.85. The van der Waals surface area contributed by atoms with Gasteiger partial charge in [-0.2, -0.15) is 4.31 Å². The summed E-state index contributed by atoms with van der Waals surface area (Å²) in [5.41, 5.74) is 7.72. The first-order valence-electron chi connectivity index (χ1n) is 7.06. The van der Waals surface area contributed by atoms with Crippen LogP contribution in [0.2, 0.25) is 0 Å². The van der Waals surface area contributed by atoms with E-state index in [1.165, 1.54) is 5.56 Å². The van der Waals surface area contributed by atoms with Crippen molar-refractivity contribution in [1.82, 2.24) is 9.21 Å². The van der Waals surface area contributed by atoms with Crippen LogP contribution < -0.4 is 5.73 Å². The van der Waals surface area contributed by atoms with E-state index in [-0.39, 0.29) is 5.75 Å². The van der Waals surface area contributed by atoms with Gasteiger partial charge in [-0.3, -0.25) is 4.90 Å². The number of hydrogen-bond acceptors (Lipinski definition) is 4. The van der Waals surface area contributed by atoms with E-state index in [1.54, 1.807) is 4.31 Å². The Morgan fingerprint density at radius 2 is 1.90 bits per heavy atom. The van der Waals surface area contributed by atoms with Crippen molar-refractivity contribution in [2.75, 3.05) is 37.7 Å². The molecule has 0 aromatic heterocycles. The highest BCUT2D eigenvalue weighted by Gasteiger charge is 2.25. The second kappa shape index (κ2) is 6.56. The fourth-order valence-corrected chi connectivity index (χ4v) is 4.00. The Labute approximate surface area is 121 Å². The van der Waals surface area contributed by atoms with E-state index in [0.717, 1.165) is 25.3 Å². The van der Waals surface area contributed by atoms with E-state index in [0.29, 0.717) is 19.5 Å². The number of rotatable bonds is 5. The monoisotopic (exact) mass is 297 g/mol. The van der Waals surface area contributed by atoms with Gasteiger partial charge in [0, 0.05) is 38.4 Å². The van der Waals surface area contributed by atoms with Crippen molar-refractivity contribution in [3.05, 3.63) is 29.8 Å². The van der Waals surface area contributed by atoms with Gasteiger partial charge in [0.05, 0.1) is 5.75 Å². The molecule has 6 heteroatoms. The van der Waals surface area contributed by atoms with Crippen LogP contribution in [0.4, 0.5) is 5.69 Å². The zero-order valence-electron chi connectivity index (χ0n) is 12.0. The molecule has 0 radical (unpaired) electrons. The predicted molar refractivity (Wildman–Crippen MR) is 81.8 cm³/mol. The number of hydrogen-bond donors (Lipinski definition) is 1. The highest BCUT2D eigenvalue weighted by molar-refractivity contribution is 7.89. The molecule has 0 bridgehead atoms. The number of sulfonamides is 1. The normalized spacial score (nSPS) is 18.2. The van der Waals surface area contributed by atoms with Crippen LogP contribution in [0.1, 0.15) is 18.9 Å². The van der Waals surface area contributed by atoms with Crippen LogP contribution in [0.25, 0.3) is 0 Å². The minimum absolute atomic E-state index is 0.252. The average molecular weight is 297 g/mol. The van der Waals surface area contributed by atoms with Gasteiger partial charge >= 0.3 is 0 Å². The summed E-state index contributed by atoms with van der Waals surface area (Å²) < 4.78 is 25.6. The minimum atomic E-state index is -3.05. The van der Waals surface area contributed by atoms with E-state index < -0.39 is 10.0 Å². The molecule has 5 nitrogen and oxygen atoms in total. The summed E-state index contributed by atoms with van der Waals surface area (Å²) in [7, 11) is -3.05. The molecule has 2 rings (SSSR count). The topological polar surface area (TPSA) is 66.6 Å². The summed E-state index contributed by atoms with van der Waals surface area (Å²) in [6.07, 6.45) is 0.672. The molecule has 1 aliphatic heterocycles. The Bertz CT molecular complexity index is 537. The van der Waals surface area contributed by atoms with Crippen LogP contribution in [-0.4, -0.2) is 49.6 Å². The second-order valence-electron chi connectivity index (χ2n) is 5.24. The SMILES string of the molecule is CCCS(=O)(=O)N1CCN(Cc2cccc(N)c2)CC1. The lowest BCUT2D eigenvalue weighted by atomic mass is 10.2. The summed E-state index contributed by atoms with van der Waals surface area (Å²) >= 11 is 0. The van der Waals surface area contributed by atoms with Crippen LogP contribution in [0.15, 0.2) is 24.3 Å². The van der Waals surface area contributed by atoms with Gasteiger partial charge in [0.2, 0.25) is 10.0 Å². The van der Waals surface area contributed by atoms with Gasteiger partial charge in [0.25, 0.3) is 0 Å². The summed E-state index contributed by atoms with van der Waals surface area (Å²) in [5, 5.41) is 0. The first-order chi connectivity index (χ1) is 9.51. The smallest absolute Gasteiger partial charge is 0.214 e. The Morgan fingerprint density at radius 3 is 2.50 bits per heavy atom. The molecule has 0 amide bonds. The maximum atomic E-state index is 12.0. The van der Waals surface area contributed by atoms with Crippen molar-refractivity contribution in [2.24, 2.45) is 0 Å². The molecular weight excluding hydrogens is 274 g/mol. The minimum Gasteiger partial charge on any atom is -0.399 e. The van der Waals surface area contributed by atoms with Crippen molar-refractivity contribution in [3.63, 3.8) is 0 Å². The predicted octanol–water partition coefficient (Wildman–Crippen LogP) is 1.13. The Balaban J connectivity index is 1.89. The molecular formula is C14H23N3O2S. The third-order valence-corrected chi connectivity index (χ3v) is 5.62. The van der Waals surface area contributed by atoms with Crippen LogP contribution >= 0.6 is 0 Å². The van der Waals surface area contributed by atoms with Crippen molar-refractivity contribution in [2.45, 2.75) is 19.9 Å². The molecule has 0 aliphatic carbocycles. The van der Waals surface area contributed by atoms with Gasteiger partial charge in [-0.25, -0.2) is 8.42 Å². The van der Waals surface area contributed by atoms with Crippen molar-refractivity contribution < 1.29 is 8.42 Å². The van der Waals surface area contributed by atoms with E-state index in [4.69, 9.17) is 5.73 Å². The lowest BCUT2D eigenvalue weighted by Crippen LogP contribution is -2.48. The maximum Gasteiger partial charge on any atom is 0.214 e. The van der Waals surface area contributed by atoms with Crippen molar-refractivity contribution >= 4 is 15.7 Å². The highest BCUT2D eigenvalue weighted by atomic mass is 32.2. The third kappa shape index (κ3) is 3.94. The fourth-order valence-electron chi connectivity index (χ4n) is 2.50. The molecule has 112 valence electrons. The molecule has 0 spiro atoms. The van der Waals surface area contributed by atoms with Crippen LogP contribution in [0.3, 0.4) is 0 Å². The summed E-state index contributed by atoms with van der Waals surface area (Å²) in [6.45, 7) is 5.45. The fraction of sp³-hybridized carbons (Fsp3) is 0.571. The Hall–Kier alpha value is -1.11. The molecule has 1 heterocycles. The van der Waals surface area contributed by atoms with Gasteiger partial charge in [0.1, 0.15) is 0 Å². The van der Waals surface area contributed by atoms with E-state index in [1.807, 2.05) is 25.1 Å². The summed E-state index contributed by atoms with van der Waals surface area (Å²) in [5.74, 6) is 0.252. The first-order valence-corrected chi connectivity index (χ1v) is 8.67. The van der Waals surface area contributed by atoms with Crippen LogP contribution in [-0.2, 0) is 16.6 Å². The molecule has 2 N–H and O–H groups in total. The Kier molecular flexibility index (Phi) is 5.01. The van der Waals surface area contributed by atoms with E-state index >= 15 is 0 Å². The zero-order valence-corrected chi connectivity index (χ0v) is 12.8. The Morgan fingerprint density at radius 1 is 1.20 bits per heavy atom. The number of benzene rings is 1. The van der Waals surface area contributed by atoms with Crippen molar-refractivity contribution in [3.8, 4) is 0 Å². The lowest BCUT2D eigenvalue weighted by molar-refractivity contribution is 0.181. The molecule has 1 fully saturated rings. The maximum absolute atomic E-state index is 12.0. The number of nitrogens with two attached hydrogens (primary N) is 1. The van der Waals surface area contributed by atoms with Gasteiger partial charge in [-0.1, -0.05) is 19.1 Å². The summed E-state index contributed by atoms with van der Waals surface area (Å²) in [4.78, 5) is 2.27. The first kappa shape index (κ1) is 15.3. The highest BCUT2D eigenvalue weighted by Crippen LogP contribution is 2.13. The molecule has 20 heavy (non-hydrogen) atoms. The van der Waals surface area contributed by atoms with Crippen molar-refractivity contribution in [1.29, 1.82) is 0 Å². The number of piperazine rings is 1. The zero-order chi connectivity index (χ0) is 14.6. The molecule has 0 atom stereocenters. The second-order valence-corrected chi connectivity index (χ2v) is 7.32. The third-order valence-electron chi connectivity index (χ3n) is 3.54. The van der Waals surface area contributed by atoms with Gasteiger partial charge in [-0.05, 0) is 24.1 Å². The van der Waals surface area contributed by atoms with Gasteiger partial charge in [-0.15, -0.1) is 0 Å². The number of nitrogen functional groups attached to an aromatic ring is 1.